The molecule has 1 heterocycles. The molecule has 0 spiro atoms. The summed E-state index contributed by atoms with van der Waals surface area (Å²) in [7, 11) is -4.92. The zero-order valence-electron chi connectivity index (χ0n) is 14.4. The lowest BCUT2D eigenvalue weighted by Gasteiger charge is -2.16. The fourth-order valence-electron chi connectivity index (χ4n) is 2.13. The first-order chi connectivity index (χ1) is 13.2. The summed E-state index contributed by atoms with van der Waals surface area (Å²) >= 11 is 0.682. The van der Waals surface area contributed by atoms with Gasteiger partial charge in [-0.15, -0.1) is 11.3 Å². The van der Waals surface area contributed by atoms with Crippen molar-refractivity contribution in [2.75, 3.05) is 11.3 Å². The summed E-state index contributed by atoms with van der Waals surface area (Å²) in [6.07, 6.45) is -10.7. The van der Waals surface area contributed by atoms with Crippen LogP contribution in [0.1, 0.15) is 23.7 Å². The van der Waals surface area contributed by atoms with Crippen molar-refractivity contribution in [3.05, 3.63) is 40.4 Å². The second-order valence-corrected chi connectivity index (χ2v) is 7.95. The highest BCUT2D eigenvalue weighted by Gasteiger charge is 2.41. The molecule has 6 nitrogen and oxygen atoms in total. The first-order valence-electron chi connectivity index (χ1n) is 7.65. The Morgan fingerprint density at radius 1 is 1.17 bits per heavy atom. The van der Waals surface area contributed by atoms with E-state index in [-0.39, 0.29) is 42.1 Å². The van der Waals surface area contributed by atoms with Gasteiger partial charge in [-0.1, -0.05) is 0 Å². The van der Waals surface area contributed by atoms with Crippen LogP contribution in [0.3, 0.4) is 0 Å². The number of hydrogen-bond acceptors (Lipinski definition) is 6. The van der Waals surface area contributed by atoms with Gasteiger partial charge < -0.3 is 4.74 Å². The quantitative estimate of drug-likeness (QED) is 0.517. The largest absolute Gasteiger partial charge is 0.466 e. The highest BCUT2D eigenvalue weighted by Crippen LogP contribution is 2.39. The van der Waals surface area contributed by atoms with E-state index in [1.165, 1.54) is 5.38 Å². The predicted molar refractivity (Wildman–Crippen MR) is 89.7 cm³/mol. The Kier molecular flexibility index (Phi) is 6.47. The number of thiazole rings is 1. The predicted octanol–water partition coefficient (Wildman–Crippen LogP) is 4.09. The molecule has 0 fully saturated rings. The lowest BCUT2D eigenvalue weighted by Crippen LogP contribution is -2.20. The molecule has 2 aromatic rings. The maximum Gasteiger partial charge on any atom is 0.417 e. The fraction of sp³-hybridized carbons (Fsp3) is 0.333. The number of nitrogens with zero attached hydrogens (tertiary/aromatic N) is 1. The van der Waals surface area contributed by atoms with E-state index < -0.39 is 44.4 Å². The van der Waals surface area contributed by atoms with Gasteiger partial charge in [0, 0.05) is 5.38 Å². The van der Waals surface area contributed by atoms with Gasteiger partial charge in [0.25, 0.3) is 10.0 Å². The average molecular weight is 462 g/mol. The van der Waals surface area contributed by atoms with Crippen LogP contribution in [-0.2, 0) is 38.3 Å². The van der Waals surface area contributed by atoms with Crippen molar-refractivity contribution in [1.29, 1.82) is 0 Å². The molecule has 0 saturated carbocycles. The Morgan fingerprint density at radius 3 is 2.38 bits per heavy atom. The maximum atomic E-state index is 13.2. The molecule has 1 aromatic heterocycles. The third-order valence-electron chi connectivity index (χ3n) is 3.31. The van der Waals surface area contributed by atoms with Crippen molar-refractivity contribution < 1.29 is 44.3 Å². The van der Waals surface area contributed by atoms with Crippen molar-refractivity contribution in [2.45, 2.75) is 30.6 Å². The van der Waals surface area contributed by atoms with E-state index >= 15 is 0 Å². The molecule has 0 aliphatic heterocycles. The monoisotopic (exact) mass is 462 g/mol. The zero-order valence-corrected chi connectivity index (χ0v) is 16.0. The van der Waals surface area contributed by atoms with Crippen LogP contribution in [0.25, 0.3) is 0 Å². The maximum absolute atomic E-state index is 13.2. The SMILES string of the molecule is CCOC(=O)Cc1csc(NS(=O)(=O)c2ccc(C(F)(F)F)cc2C(F)(F)F)n1. The molecule has 160 valence electrons. The van der Waals surface area contributed by atoms with Crippen LogP contribution in [-0.4, -0.2) is 26.0 Å². The minimum absolute atomic E-state index is 0.106. The van der Waals surface area contributed by atoms with Gasteiger partial charge in [0.15, 0.2) is 5.13 Å². The van der Waals surface area contributed by atoms with E-state index in [0.29, 0.717) is 11.3 Å². The number of carbonyl (C=O) groups excluding carboxylic acids is 1. The van der Waals surface area contributed by atoms with Crippen LogP contribution in [0, 0.1) is 0 Å². The summed E-state index contributed by atoms with van der Waals surface area (Å²) in [6.45, 7) is 1.68. The van der Waals surface area contributed by atoms with Crippen LogP contribution in [0.5, 0.6) is 0 Å². The van der Waals surface area contributed by atoms with E-state index in [1.54, 1.807) is 11.6 Å². The number of esters is 1. The number of alkyl halides is 6. The number of rotatable bonds is 6. The van der Waals surface area contributed by atoms with Crippen LogP contribution in [0.4, 0.5) is 31.5 Å². The molecule has 0 bridgehead atoms. The number of carbonyl (C=O) groups is 1. The Labute approximate surface area is 164 Å². The Balaban J connectivity index is 2.36. The smallest absolute Gasteiger partial charge is 0.417 e. The van der Waals surface area contributed by atoms with Crippen LogP contribution in [0.15, 0.2) is 28.5 Å². The normalized spacial score (nSPS) is 12.7. The zero-order chi connectivity index (χ0) is 22.0. The van der Waals surface area contributed by atoms with Crippen LogP contribution in [0.2, 0.25) is 0 Å². The van der Waals surface area contributed by atoms with Gasteiger partial charge in [0.1, 0.15) is 0 Å². The van der Waals surface area contributed by atoms with Crippen LogP contribution < -0.4 is 4.72 Å². The molecule has 2 rings (SSSR count). The van der Waals surface area contributed by atoms with Crippen molar-refractivity contribution in [1.82, 2.24) is 4.98 Å². The van der Waals surface area contributed by atoms with E-state index in [0.717, 1.165) is 0 Å². The first kappa shape index (κ1) is 22.9. The minimum atomic E-state index is -5.36. The van der Waals surface area contributed by atoms with E-state index in [2.05, 4.69) is 9.72 Å². The lowest BCUT2D eigenvalue weighted by molar-refractivity contribution is -0.145. The summed E-state index contributed by atoms with van der Waals surface area (Å²) in [5, 5.41) is 0.920. The van der Waals surface area contributed by atoms with Gasteiger partial charge >= 0.3 is 18.3 Å². The summed E-state index contributed by atoms with van der Waals surface area (Å²) in [5.74, 6) is -0.644. The van der Waals surface area contributed by atoms with Crippen molar-refractivity contribution in [2.24, 2.45) is 0 Å². The topological polar surface area (TPSA) is 85.4 Å². The molecule has 29 heavy (non-hydrogen) atoms. The molecular formula is C15H12F6N2O4S2. The number of halogens is 6. The summed E-state index contributed by atoms with van der Waals surface area (Å²) < 4.78 is 109. The third kappa shape index (κ3) is 5.82. The molecule has 0 saturated heterocycles. The van der Waals surface area contributed by atoms with Crippen molar-refractivity contribution in [3.8, 4) is 0 Å². The number of benzene rings is 1. The molecule has 0 atom stereocenters. The molecule has 14 heteroatoms. The van der Waals surface area contributed by atoms with Gasteiger partial charge in [-0.3, -0.25) is 9.52 Å². The first-order valence-corrected chi connectivity index (χ1v) is 10.0. The number of hydrogen-bond donors (Lipinski definition) is 1. The van der Waals surface area contributed by atoms with Crippen LogP contribution >= 0.6 is 11.3 Å². The fourth-order valence-corrected chi connectivity index (χ4v) is 4.30. The summed E-state index contributed by atoms with van der Waals surface area (Å²) in [5.41, 5.74) is -3.51. The Hall–Kier alpha value is -2.35. The molecule has 0 radical (unpaired) electrons. The van der Waals surface area contributed by atoms with E-state index in [4.69, 9.17) is 0 Å². The number of nitrogens with one attached hydrogen (secondary N) is 1. The second kappa shape index (κ2) is 8.18. The lowest BCUT2D eigenvalue weighted by atomic mass is 10.1. The molecule has 0 unspecified atom stereocenters. The second-order valence-electron chi connectivity index (χ2n) is 5.44. The number of ether oxygens (including phenoxy) is 1. The van der Waals surface area contributed by atoms with Gasteiger partial charge in [-0.25, -0.2) is 13.4 Å². The van der Waals surface area contributed by atoms with Gasteiger partial charge in [-0.2, -0.15) is 26.3 Å². The average Bonchev–Trinajstić information content (AvgIpc) is 2.99. The molecule has 1 N–H and O–H groups in total. The molecule has 0 aliphatic rings. The summed E-state index contributed by atoms with van der Waals surface area (Å²) in [4.78, 5) is 13.8. The highest BCUT2D eigenvalue weighted by molar-refractivity contribution is 7.93. The number of anilines is 1. The standard InChI is InChI=1S/C15H12F6N2O4S2/c1-2-27-12(24)6-9-7-28-13(22-9)23-29(25,26)11-4-3-8(14(16,17)18)5-10(11)15(19,20)21/h3-5,7H,2,6H2,1H3,(H,22,23). The van der Waals surface area contributed by atoms with Gasteiger partial charge in [0.05, 0.1) is 34.7 Å². The minimum Gasteiger partial charge on any atom is -0.466 e. The third-order valence-corrected chi connectivity index (χ3v) is 5.64. The van der Waals surface area contributed by atoms with Gasteiger partial charge in [-0.05, 0) is 25.1 Å². The Morgan fingerprint density at radius 2 is 1.83 bits per heavy atom. The molecule has 0 aliphatic carbocycles. The summed E-state index contributed by atoms with van der Waals surface area (Å²) in [6, 6.07) is 0.182. The van der Waals surface area contributed by atoms with Crippen molar-refractivity contribution in [3.63, 3.8) is 0 Å². The van der Waals surface area contributed by atoms with E-state index in [1.807, 2.05) is 0 Å². The van der Waals surface area contributed by atoms with E-state index in [9.17, 15) is 39.6 Å². The number of sulfonamides is 1. The highest BCUT2D eigenvalue weighted by atomic mass is 32.2. The number of aromatic nitrogens is 1. The Bertz CT molecular complexity index is 999. The molecule has 0 amide bonds. The van der Waals surface area contributed by atoms with Crippen molar-refractivity contribution >= 4 is 32.5 Å². The van der Waals surface area contributed by atoms with Gasteiger partial charge in [0.2, 0.25) is 0 Å². The molecule has 1 aromatic carbocycles. The molecular weight excluding hydrogens is 450 g/mol.